The lowest BCUT2D eigenvalue weighted by molar-refractivity contribution is -0.137. The number of aromatic nitrogens is 1. The van der Waals surface area contributed by atoms with Crippen molar-refractivity contribution in [2.45, 2.75) is 43.8 Å². The molecule has 0 unspecified atom stereocenters. The van der Waals surface area contributed by atoms with E-state index in [4.69, 9.17) is 0 Å². The van der Waals surface area contributed by atoms with Crippen LogP contribution in [0.15, 0.2) is 41.5 Å². The molecule has 1 heterocycles. The molecule has 27 heavy (non-hydrogen) atoms. The summed E-state index contributed by atoms with van der Waals surface area (Å²) in [7, 11) is 0. The molecule has 0 radical (unpaired) electrons. The topological polar surface area (TPSA) is 68.5 Å². The van der Waals surface area contributed by atoms with Crippen molar-refractivity contribution in [1.82, 2.24) is 4.57 Å². The summed E-state index contributed by atoms with van der Waals surface area (Å²) in [6.07, 6.45) is 1.12. The number of hydrogen-bond acceptors (Lipinski definition) is 4. The quantitative estimate of drug-likeness (QED) is 0.804. The van der Waals surface area contributed by atoms with Crippen molar-refractivity contribution in [3.63, 3.8) is 0 Å². The first kappa shape index (κ1) is 19.0. The molecule has 5 nitrogen and oxygen atoms in total. The van der Waals surface area contributed by atoms with E-state index in [1.54, 1.807) is 6.07 Å². The zero-order valence-electron chi connectivity index (χ0n) is 14.3. The fourth-order valence-corrected chi connectivity index (χ4v) is 3.78. The summed E-state index contributed by atoms with van der Waals surface area (Å²) in [5.41, 5.74) is -1.54. The summed E-state index contributed by atoms with van der Waals surface area (Å²) >= 11 is 0. The van der Waals surface area contributed by atoms with Gasteiger partial charge in [-0.2, -0.15) is 13.2 Å². The minimum Gasteiger partial charge on any atom is -0.503 e. The van der Waals surface area contributed by atoms with E-state index in [0.29, 0.717) is 18.4 Å². The van der Waals surface area contributed by atoms with Crippen molar-refractivity contribution in [3.8, 4) is 11.5 Å². The SMILES string of the molecule is O=COc1cn(CC2(c3cccc(C(F)(F)F)c3)CCCC2)cc(O)c1=O. The Kier molecular flexibility index (Phi) is 4.99. The normalized spacial score (nSPS) is 16.3. The van der Waals surface area contributed by atoms with Gasteiger partial charge in [-0.1, -0.05) is 31.0 Å². The number of carbonyl (C=O) groups is 1. The molecule has 2 aromatic rings. The molecule has 0 amide bonds. The molecule has 8 heteroatoms. The number of hydrogen-bond donors (Lipinski definition) is 1. The van der Waals surface area contributed by atoms with E-state index >= 15 is 0 Å². The third-order valence-electron chi connectivity index (χ3n) is 5.05. The van der Waals surface area contributed by atoms with Gasteiger partial charge < -0.3 is 14.4 Å². The molecule has 1 aromatic carbocycles. The maximum atomic E-state index is 13.1. The molecule has 0 spiro atoms. The van der Waals surface area contributed by atoms with Crippen LogP contribution in [-0.4, -0.2) is 16.1 Å². The third-order valence-corrected chi connectivity index (χ3v) is 5.05. The lowest BCUT2D eigenvalue weighted by atomic mass is 9.78. The van der Waals surface area contributed by atoms with Gasteiger partial charge in [-0.3, -0.25) is 9.59 Å². The molecule has 1 saturated carbocycles. The molecule has 1 aliphatic rings. The highest BCUT2D eigenvalue weighted by molar-refractivity contribution is 5.45. The predicted octanol–water partition coefficient (Wildman–Crippen LogP) is 3.62. The van der Waals surface area contributed by atoms with Gasteiger partial charge in [-0.15, -0.1) is 0 Å². The molecule has 0 atom stereocenters. The number of halogens is 3. The molecular formula is C19H18F3NO4. The fraction of sp³-hybridized carbons (Fsp3) is 0.368. The molecule has 0 saturated heterocycles. The smallest absolute Gasteiger partial charge is 0.416 e. The summed E-state index contributed by atoms with van der Waals surface area (Å²) in [6, 6.07) is 5.26. The highest BCUT2D eigenvalue weighted by Gasteiger charge is 2.38. The van der Waals surface area contributed by atoms with Crippen molar-refractivity contribution in [3.05, 3.63) is 58.0 Å². The van der Waals surface area contributed by atoms with E-state index < -0.39 is 28.3 Å². The number of pyridine rings is 1. The third kappa shape index (κ3) is 3.84. The first-order valence-electron chi connectivity index (χ1n) is 8.46. The van der Waals surface area contributed by atoms with E-state index in [0.717, 1.165) is 25.0 Å². The second-order valence-electron chi connectivity index (χ2n) is 6.79. The van der Waals surface area contributed by atoms with Gasteiger partial charge in [0.25, 0.3) is 11.9 Å². The average Bonchev–Trinajstić information content (AvgIpc) is 3.08. The van der Waals surface area contributed by atoms with Gasteiger partial charge in [0.15, 0.2) is 11.5 Å². The lowest BCUT2D eigenvalue weighted by Crippen LogP contribution is -2.29. The van der Waals surface area contributed by atoms with Crippen molar-refractivity contribution in [1.29, 1.82) is 0 Å². The van der Waals surface area contributed by atoms with Crippen LogP contribution in [0.1, 0.15) is 36.8 Å². The molecule has 1 N–H and O–H groups in total. The number of nitrogens with zero attached hydrogens (tertiary/aromatic N) is 1. The second kappa shape index (κ2) is 7.09. The summed E-state index contributed by atoms with van der Waals surface area (Å²) in [6.45, 7) is 0.329. The molecular weight excluding hydrogens is 363 g/mol. The maximum absolute atomic E-state index is 13.1. The van der Waals surface area contributed by atoms with Crippen LogP contribution in [0, 0.1) is 0 Å². The van der Waals surface area contributed by atoms with E-state index in [1.165, 1.54) is 23.0 Å². The first-order valence-corrected chi connectivity index (χ1v) is 8.46. The number of alkyl halides is 3. The molecule has 1 fully saturated rings. The van der Waals surface area contributed by atoms with Crippen molar-refractivity contribution < 1.29 is 27.8 Å². The molecule has 1 aliphatic carbocycles. The van der Waals surface area contributed by atoms with E-state index in [2.05, 4.69) is 4.74 Å². The Morgan fingerprint density at radius 1 is 1.22 bits per heavy atom. The largest absolute Gasteiger partial charge is 0.503 e. The minimum atomic E-state index is -4.43. The Balaban J connectivity index is 2.02. The Morgan fingerprint density at radius 2 is 1.93 bits per heavy atom. The zero-order chi connectivity index (χ0) is 19.7. The van der Waals surface area contributed by atoms with Gasteiger partial charge in [0.05, 0.1) is 18.0 Å². The Hall–Kier alpha value is -2.77. The number of aromatic hydroxyl groups is 1. The van der Waals surface area contributed by atoms with Gasteiger partial charge >= 0.3 is 6.18 Å². The van der Waals surface area contributed by atoms with E-state index in [-0.39, 0.29) is 18.8 Å². The van der Waals surface area contributed by atoms with Gasteiger partial charge in [-0.05, 0) is 24.5 Å². The van der Waals surface area contributed by atoms with Gasteiger partial charge in [0.1, 0.15) is 0 Å². The van der Waals surface area contributed by atoms with Gasteiger partial charge in [0, 0.05) is 12.0 Å². The standard InChI is InChI=1S/C19H18F3NO4/c20-19(21,22)14-5-3-4-13(8-14)18(6-1-2-7-18)11-23-9-15(25)17(26)16(10-23)27-12-24/h3-5,8-10,12,25H,1-2,6-7,11H2. The number of ether oxygens (including phenoxy) is 1. The van der Waals surface area contributed by atoms with Crippen LogP contribution in [0.3, 0.4) is 0 Å². The minimum absolute atomic E-state index is 0.0820. The Labute approximate surface area is 153 Å². The van der Waals surface area contributed by atoms with Crippen molar-refractivity contribution in [2.24, 2.45) is 0 Å². The molecule has 144 valence electrons. The molecule has 3 rings (SSSR count). The van der Waals surface area contributed by atoms with Crippen LogP contribution >= 0.6 is 0 Å². The summed E-state index contributed by atoms with van der Waals surface area (Å²) in [4.78, 5) is 22.3. The second-order valence-corrected chi connectivity index (χ2v) is 6.79. The average molecular weight is 381 g/mol. The molecule has 1 aromatic heterocycles. The summed E-state index contributed by atoms with van der Waals surface area (Å²) in [5, 5.41) is 9.81. The first-order chi connectivity index (χ1) is 12.7. The number of benzene rings is 1. The van der Waals surface area contributed by atoms with Crippen LogP contribution in [0.25, 0.3) is 0 Å². The van der Waals surface area contributed by atoms with Crippen LogP contribution in [0.5, 0.6) is 11.5 Å². The van der Waals surface area contributed by atoms with Crippen LogP contribution in [0.4, 0.5) is 13.2 Å². The maximum Gasteiger partial charge on any atom is 0.416 e. The Bertz CT molecular complexity index is 899. The number of rotatable bonds is 5. The zero-order valence-corrected chi connectivity index (χ0v) is 14.3. The Morgan fingerprint density at radius 3 is 2.56 bits per heavy atom. The predicted molar refractivity (Wildman–Crippen MR) is 90.6 cm³/mol. The monoisotopic (exact) mass is 381 g/mol. The van der Waals surface area contributed by atoms with Gasteiger partial charge in [-0.25, -0.2) is 0 Å². The van der Waals surface area contributed by atoms with Crippen LogP contribution in [0.2, 0.25) is 0 Å². The lowest BCUT2D eigenvalue weighted by Gasteiger charge is -2.31. The summed E-state index contributed by atoms with van der Waals surface area (Å²) in [5.74, 6) is -0.922. The number of carbonyl (C=O) groups excluding carboxylic acids is 1. The van der Waals surface area contributed by atoms with Gasteiger partial charge in [0.2, 0.25) is 0 Å². The van der Waals surface area contributed by atoms with E-state index in [9.17, 15) is 27.9 Å². The van der Waals surface area contributed by atoms with E-state index in [1.807, 2.05) is 0 Å². The fourth-order valence-electron chi connectivity index (χ4n) is 3.78. The van der Waals surface area contributed by atoms with Crippen LogP contribution < -0.4 is 10.2 Å². The highest BCUT2D eigenvalue weighted by atomic mass is 19.4. The van der Waals surface area contributed by atoms with Crippen molar-refractivity contribution in [2.75, 3.05) is 0 Å². The highest BCUT2D eigenvalue weighted by Crippen LogP contribution is 2.44. The molecule has 0 bridgehead atoms. The van der Waals surface area contributed by atoms with Crippen molar-refractivity contribution >= 4 is 6.47 Å². The summed E-state index contributed by atoms with van der Waals surface area (Å²) < 4.78 is 45.4. The molecule has 0 aliphatic heterocycles. The van der Waals surface area contributed by atoms with Crippen LogP contribution in [-0.2, 0) is 22.9 Å².